The molecule has 0 radical (unpaired) electrons. The number of rotatable bonds is 1. The monoisotopic (exact) mass is 289 g/mol. The molecule has 104 valence electrons. The number of fused-ring (bicyclic) bond motifs is 1. The highest BCUT2D eigenvalue weighted by Gasteiger charge is 2.15. The summed E-state index contributed by atoms with van der Waals surface area (Å²) in [6, 6.07) is 9.59. The molecule has 1 aromatic carbocycles. The van der Waals surface area contributed by atoms with Gasteiger partial charge in [0.05, 0.1) is 17.1 Å². The number of pyridine rings is 1. The number of nitriles is 1. The molecule has 3 rings (SSSR count). The van der Waals surface area contributed by atoms with Gasteiger partial charge in [-0.25, -0.2) is 4.98 Å². The molecule has 1 N–H and O–H groups in total. The van der Waals surface area contributed by atoms with Gasteiger partial charge in [0.2, 0.25) is 0 Å². The molecule has 0 amide bonds. The van der Waals surface area contributed by atoms with Crippen molar-refractivity contribution in [1.29, 1.82) is 5.26 Å². The lowest BCUT2D eigenvalue weighted by Crippen LogP contribution is -2.19. The zero-order chi connectivity index (χ0) is 14.5. The number of hydrogen-bond acceptors (Lipinski definition) is 4. The number of anilines is 1. The number of benzene rings is 1. The lowest BCUT2D eigenvalue weighted by atomic mass is 10.1. The van der Waals surface area contributed by atoms with Crippen LogP contribution in [0.4, 0.5) is 5.82 Å². The summed E-state index contributed by atoms with van der Waals surface area (Å²) in [5, 5.41) is 17.7. The zero-order valence-electron chi connectivity index (χ0n) is 11.3. The maximum atomic E-state index is 9.25. The van der Waals surface area contributed by atoms with Gasteiger partial charge in [0.25, 0.3) is 0 Å². The van der Waals surface area contributed by atoms with Gasteiger partial charge in [-0.3, -0.25) is 0 Å². The Balaban J connectivity index is 0.000000704. The maximum Gasteiger partial charge on any atom is 0.130 e. The van der Waals surface area contributed by atoms with Crippen molar-refractivity contribution >= 4 is 28.3 Å². The first-order valence-electron chi connectivity index (χ1n) is 6.48. The van der Waals surface area contributed by atoms with Crippen molar-refractivity contribution in [2.75, 3.05) is 25.1 Å². The lowest BCUT2D eigenvalue weighted by molar-refractivity contribution is 0.399. The van der Waals surface area contributed by atoms with E-state index in [1.54, 1.807) is 6.07 Å². The van der Waals surface area contributed by atoms with E-state index in [1.165, 1.54) is 12.8 Å². The SMILES string of the molecule is CO.N#Cc1cc(N2CCCC2)nc2ccc(Cl)cc12. The van der Waals surface area contributed by atoms with Crippen LogP contribution in [0.3, 0.4) is 0 Å². The highest BCUT2D eigenvalue weighted by molar-refractivity contribution is 6.31. The Hall–Kier alpha value is -1.83. The van der Waals surface area contributed by atoms with Gasteiger partial charge in [-0.15, -0.1) is 0 Å². The number of aliphatic hydroxyl groups is 1. The van der Waals surface area contributed by atoms with Gasteiger partial charge in [-0.2, -0.15) is 5.26 Å². The Kier molecular flexibility index (Phi) is 4.78. The van der Waals surface area contributed by atoms with Crippen LogP contribution in [0.1, 0.15) is 18.4 Å². The minimum atomic E-state index is 0.634. The van der Waals surface area contributed by atoms with Crippen LogP contribution >= 0.6 is 11.6 Å². The zero-order valence-corrected chi connectivity index (χ0v) is 12.1. The van der Waals surface area contributed by atoms with Gasteiger partial charge in [0.15, 0.2) is 0 Å². The highest BCUT2D eigenvalue weighted by Crippen LogP contribution is 2.26. The summed E-state index contributed by atoms with van der Waals surface area (Å²) >= 11 is 5.97. The van der Waals surface area contributed by atoms with E-state index in [2.05, 4.69) is 16.0 Å². The molecule has 1 aliphatic rings. The van der Waals surface area contributed by atoms with E-state index >= 15 is 0 Å². The van der Waals surface area contributed by atoms with Crippen LogP contribution in [0, 0.1) is 11.3 Å². The van der Waals surface area contributed by atoms with Crippen molar-refractivity contribution in [2.45, 2.75) is 12.8 Å². The smallest absolute Gasteiger partial charge is 0.130 e. The summed E-state index contributed by atoms with van der Waals surface area (Å²) in [6.45, 7) is 2.05. The largest absolute Gasteiger partial charge is 0.400 e. The fraction of sp³-hybridized carbons (Fsp3) is 0.333. The molecular formula is C15H16ClN3O. The predicted molar refractivity (Wildman–Crippen MR) is 81.1 cm³/mol. The van der Waals surface area contributed by atoms with Crippen molar-refractivity contribution < 1.29 is 5.11 Å². The second-order valence-electron chi connectivity index (χ2n) is 4.50. The van der Waals surface area contributed by atoms with Crippen molar-refractivity contribution in [3.05, 3.63) is 34.9 Å². The van der Waals surface area contributed by atoms with Crippen molar-refractivity contribution in [2.24, 2.45) is 0 Å². The Morgan fingerprint density at radius 1 is 1.25 bits per heavy atom. The van der Waals surface area contributed by atoms with E-state index in [9.17, 15) is 5.26 Å². The normalized spacial score (nSPS) is 13.8. The Labute approximate surface area is 123 Å². The molecule has 20 heavy (non-hydrogen) atoms. The summed E-state index contributed by atoms with van der Waals surface area (Å²) in [4.78, 5) is 6.85. The topological polar surface area (TPSA) is 60.1 Å². The highest BCUT2D eigenvalue weighted by atomic mass is 35.5. The van der Waals surface area contributed by atoms with Gasteiger partial charge in [0.1, 0.15) is 5.82 Å². The second kappa shape index (κ2) is 6.56. The predicted octanol–water partition coefficient (Wildman–Crippen LogP) is 2.97. The molecular weight excluding hydrogens is 274 g/mol. The van der Waals surface area contributed by atoms with Gasteiger partial charge in [-0.05, 0) is 37.1 Å². The fourth-order valence-electron chi connectivity index (χ4n) is 2.38. The molecule has 0 unspecified atom stereocenters. The van der Waals surface area contributed by atoms with Crippen LogP contribution in [0.15, 0.2) is 24.3 Å². The van der Waals surface area contributed by atoms with E-state index in [4.69, 9.17) is 16.7 Å². The summed E-state index contributed by atoms with van der Waals surface area (Å²) in [6.07, 6.45) is 2.39. The third-order valence-corrected chi connectivity index (χ3v) is 3.54. The van der Waals surface area contributed by atoms with Crippen molar-refractivity contribution in [3.8, 4) is 6.07 Å². The van der Waals surface area contributed by atoms with E-state index in [1.807, 2.05) is 18.2 Å². The number of nitrogens with zero attached hydrogens (tertiary/aromatic N) is 3. The van der Waals surface area contributed by atoms with Gasteiger partial charge >= 0.3 is 0 Å². The van der Waals surface area contributed by atoms with Crippen molar-refractivity contribution in [1.82, 2.24) is 4.98 Å². The van der Waals surface area contributed by atoms with Gasteiger partial charge < -0.3 is 10.0 Å². The molecule has 2 aromatic rings. The minimum absolute atomic E-state index is 0.634. The molecule has 0 atom stereocenters. The van der Waals surface area contributed by atoms with Crippen molar-refractivity contribution in [3.63, 3.8) is 0 Å². The van der Waals surface area contributed by atoms with Crippen LogP contribution < -0.4 is 4.90 Å². The number of aromatic nitrogens is 1. The second-order valence-corrected chi connectivity index (χ2v) is 4.93. The maximum absolute atomic E-state index is 9.25. The third kappa shape index (κ3) is 2.84. The lowest BCUT2D eigenvalue weighted by Gasteiger charge is -2.17. The Bertz CT molecular complexity index is 645. The molecule has 0 spiro atoms. The summed E-state index contributed by atoms with van der Waals surface area (Å²) in [5.41, 5.74) is 1.48. The van der Waals surface area contributed by atoms with Crippen LogP contribution in [0.5, 0.6) is 0 Å². The number of hydrogen-bond donors (Lipinski definition) is 1. The van der Waals surface area contributed by atoms with Crippen LogP contribution in [0.25, 0.3) is 10.9 Å². The molecule has 1 fully saturated rings. The fourth-order valence-corrected chi connectivity index (χ4v) is 2.56. The van der Waals surface area contributed by atoms with E-state index in [0.717, 1.165) is 36.9 Å². The summed E-state index contributed by atoms with van der Waals surface area (Å²) in [5.74, 6) is 0.902. The molecule has 0 saturated carbocycles. The first-order valence-corrected chi connectivity index (χ1v) is 6.86. The Morgan fingerprint density at radius 2 is 1.95 bits per heavy atom. The van der Waals surface area contributed by atoms with E-state index < -0.39 is 0 Å². The van der Waals surface area contributed by atoms with Gasteiger partial charge in [0, 0.05) is 30.6 Å². The molecule has 2 heterocycles. The third-order valence-electron chi connectivity index (χ3n) is 3.31. The molecule has 5 heteroatoms. The van der Waals surface area contributed by atoms with Crippen LogP contribution in [-0.4, -0.2) is 30.3 Å². The standard InChI is InChI=1S/C14H12ClN3.CH4O/c15-11-3-4-13-12(8-11)10(9-16)7-14(17-13)18-5-1-2-6-18;1-2/h3-4,7-8H,1-2,5-6H2;2H,1H3. The molecule has 4 nitrogen and oxygen atoms in total. The molecule has 1 aliphatic heterocycles. The van der Waals surface area contributed by atoms with Gasteiger partial charge in [-0.1, -0.05) is 11.6 Å². The molecule has 0 bridgehead atoms. The molecule has 0 aliphatic carbocycles. The van der Waals surface area contributed by atoms with E-state index in [0.29, 0.717) is 10.6 Å². The number of aliphatic hydroxyl groups excluding tert-OH is 1. The quantitative estimate of drug-likeness (QED) is 0.877. The summed E-state index contributed by atoms with van der Waals surface area (Å²) in [7, 11) is 1.00. The Morgan fingerprint density at radius 3 is 2.60 bits per heavy atom. The minimum Gasteiger partial charge on any atom is -0.400 e. The van der Waals surface area contributed by atoms with E-state index in [-0.39, 0.29) is 0 Å². The average molecular weight is 290 g/mol. The first-order chi connectivity index (χ1) is 9.78. The molecule has 1 aromatic heterocycles. The van der Waals surface area contributed by atoms with Crippen LogP contribution in [0.2, 0.25) is 5.02 Å². The average Bonchev–Trinajstić information content (AvgIpc) is 3.02. The first kappa shape index (κ1) is 14.6. The molecule has 1 saturated heterocycles. The number of halogens is 1. The van der Waals surface area contributed by atoms with Crippen LogP contribution in [-0.2, 0) is 0 Å². The summed E-state index contributed by atoms with van der Waals surface area (Å²) < 4.78 is 0.